The minimum Gasteiger partial charge on any atom is -0.396 e. The van der Waals surface area contributed by atoms with Gasteiger partial charge in [0.2, 0.25) is 0 Å². The standard InChI is InChI=1S/C20H27N3O/c24-16-18-3-2-11-23(15-18)12-10-22-13-17-5-7-19(8-6-17)20-4-1-9-21-14-20/h1,4-9,14,18,22,24H,2-3,10-13,15-16H2. The molecule has 1 atom stereocenters. The van der Waals surface area contributed by atoms with E-state index in [4.69, 9.17) is 0 Å². The van der Waals surface area contributed by atoms with Gasteiger partial charge < -0.3 is 15.3 Å². The third-order valence-corrected chi connectivity index (χ3v) is 4.74. The van der Waals surface area contributed by atoms with Gasteiger partial charge in [0.25, 0.3) is 0 Å². The Balaban J connectivity index is 1.41. The Morgan fingerprint density at radius 2 is 2.04 bits per heavy atom. The summed E-state index contributed by atoms with van der Waals surface area (Å²) in [5, 5.41) is 12.8. The van der Waals surface area contributed by atoms with Gasteiger partial charge in [-0.2, -0.15) is 0 Å². The van der Waals surface area contributed by atoms with Crippen LogP contribution in [0.2, 0.25) is 0 Å². The highest BCUT2D eigenvalue weighted by atomic mass is 16.3. The predicted molar refractivity (Wildman–Crippen MR) is 97.6 cm³/mol. The lowest BCUT2D eigenvalue weighted by Gasteiger charge is -2.31. The van der Waals surface area contributed by atoms with Crippen LogP contribution in [0.3, 0.4) is 0 Å². The van der Waals surface area contributed by atoms with Crippen molar-refractivity contribution in [2.75, 3.05) is 32.8 Å². The fourth-order valence-corrected chi connectivity index (χ4v) is 3.32. The Morgan fingerprint density at radius 1 is 1.17 bits per heavy atom. The summed E-state index contributed by atoms with van der Waals surface area (Å²) in [5.74, 6) is 0.471. The average Bonchev–Trinajstić information content (AvgIpc) is 2.67. The summed E-state index contributed by atoms with van der Waals surface area (Å²) in [5.41, 5.74) is 3.66. The first kappa shape index (κ1) is 17.1. The maximum Gasteiger partial charge on any atom is 0.0471 e. The van der Waals surface area contributed by atoms with Crippen molar-refractivity contribution in [3.05, 3.63) is 54.4 Å². The van der Waals surface area contributed by atoms with E-state index in [9.17, 15) is 5.11 Å². The first-order valence-electron chi connectivity index (χ1n) is 8.88. The van der Waals surface area contributed by atoms with Gasteiger partial charge >= 0.3 is 0 Å². The normalized spacial score (nSPS) is 18.6. The molecule has 1 aliphatic heterocycles. The van der Waals surface area contributed by atoms with Crippen molar-refractivity contribution in [3.8, 4) is 11.1 Å². The quantitative estimate of drug-likeness (QED) is 0.768. The van der Waals surface area contributed by atoms with Gasteiger partial charge in [-0.3, -0.25) is 4.98 Å². The van der Waals surface area contributed by atoms with E-state index in [0.29, 0.717) is 12.5 Å². The molecular weight excluding hydrogens is 298 g/mol. The van der Waals surface area contributed by atoms with Crippen LogP contribution in [0.25, 0.3) is 11.1 Å². The molecule has 0 aliphatic carbocycles. The molecule has 1 aromatic heterocycles. The number of aliphatic hydroxyl groups is 1. The Hall–Kier alpha value is -1.75. The van der Waals surface area contributed by atoms with E-state index in [1.54, 1.807) is 6.20 Å². The second-order valence-electron chi connectivity index (χ2n) is 6.61. The highest BCUT2D eigenvalue weighted by molar-refractivity contribution is 5.62. The lowest BCUT2D eigenvalue weighted by molar-refractivity contribution is 0.121. The van der Waals surface area contributed by atoms with Crippen LogP contribution in [0.15, 0.2) is 48.8 Å². The van der Waals surface area contributed by atoms with Gasteiger partial charge in [0.15, 0.2) is 0 Å². The monoisotopic (exact) mass is 325 g/mol. The van der Waals surface area contributed by atoms with Crippen molar-refractivity contribution >= 4 is 0 Å². The van der Waals surface area contributed by atoms with Gasteiger partial charge in [-0.1, -0.05) is 30.3 Å². The van der Waals surface area contributed by atoms with Crippen molar-refractivity contribution < 1.29 is 5.11 Å². The highest BCUT2D eigenvalue weighted by Crippen LogP contribution is 2.18. The van der Waals surface area contributed by atoms with Crippen molar-refractivity contribution in [2.45, 2.75) is 19.4 Å². The van der Waals surface area contributed by atoms with Crippen LogP contribution in [-0.2, 0) is 6.54 Å². The van der Waals surface area contributed by atoms with Crippen LogP contribution in [0.5, 0.6) is 0 Å². The number of likely N-dealkylation sites (tertiary alicyclic amines) is 1. The average molecular weight is 325 g/mol. The highest BCUT2D eigenvalue weighted by Gasteiger charge is 2.18. The van der Waals surface area contributed by atoms with Gasteiger partial charge in [0.1, 0.15) is 0 Å². The Morgan fingerprint density at radius 3 is 2.79 bits per heavy atom. The number of nitrogens with zero attached hydrogens (tertiary/aromatic N) is 2. The molecule has 2 heterocycles. The summed E-state index contributed by atoms with van der Waals surface area (Å²) in [6, 6.07) is 12.7. The zero-order chi connectivity index (χ0) is 16.6. The molecule has 128 valence electrons. The van der Waals surface area contributed by atoms with E-state index in [2.05, 4.69) is 45.5 Å². The molecule has 0 saturated carbocycles. The number of pyridine rings is 1. The minimum atomic E-state index is 0.327. The smallest absolute Gasteiger partial charge is 0.0471 e. The minimum absolute atomic E-state index is 0.327. The third-order valence-electron chi connectivity index (χ3n) is 4.74. The first-order chi connectivity index (χ1) is 11.8. The Bertz CT molecular complexity index is 600. The predicted octanol–water partition coefficient (Wildman–Crippen LogP) is 2.54. The van der Waals surface area contributed by atoms with Gasteiger partial charge in [-0.25, -0.2) is 0 Å². The largest absolute Gasteiger partial charge is 0.396 e. The molecule has 2 aromatic rings. The van der Waals surface area contributed by atoms with Crippen LogP contribution in [0.4, 0.5) is 0 Å². The lowest BCUT2D eigenvalue weighted by atomic mass is 9.99. The summed E-state index contributed by atoms with van der Waals surface area (Å²) in [6.45, 7) is 5.47. The molecule has 24 heavy (non-hydrogen) atoms. The van der Waals surface area contributed by atoms with E-state index in [0.717, 1.165) is 38.3 Å². The molecule has 4 nitrogen and oxygen atoms in total. The van der Waals surface area contributed by atoms with E-state index in [1.165, 1.54) is 24.0 Å². The van der Waals surface area contributed by atoms with Crippen molar-refractivity contribution in [1.29, 1.82) is 0 Å². The first-order valence-corrected chi connectivity index (χ1v) is 8.88. The molecule has 1 aromatic carbocycles. The van der Waals surface area contributed by atoms with Crippen LogP contribution >= 0.6 is 0 Å². The second-order valence-corrected chi connectivity index (χ2v) is 6.61. The zero-order valence-corrected chi connectivity index (χ0v) is 14.2. The fraction of sp³-hybridized carbons (Fsp3) is 0.450. The van der Waals surface area contributed by atoms with Crippen molar-refractivity contribution in [3.63, 3.8) is 0 Å². The molecule has 3 rings (SSSR count). The molecule has 0 amide bonds. The molecular formula is C20H27N3O. The van der Waals surface area contributed by atoms with E-state index < -0.39 is 0 Å². The molecule has 0 radical (unpaired) electrons. The van der Waals surface area contributed by atoms with Crippen molar-refractivity contribution in [2.24, 2.45) is 5.92 Å². The Labute approximate surface area is 144 Å². The van der Waals surface area contributed by atoms with E-state index >= 15 is 0 Å². The molecule has 4 heteroatoms. The topological polar surface area (TPSA) is 48.4 Å². The number of nitrogens with one attached hydrogen (secondary N) is 1. The van der Waals surface area contributed by atoms with Gasteiger partial charge in [0.05, 0.1) is 0 Å². The number of aromatic nitrogens is 1. The van der Waals surface area contributed by atoms with Gasteiger partial charge in [0, 0.05) is 45.2 Å². The molecule has 1 saturated heterocycles. The summed E-state index contributed by atoms with van der Waals surface area (Å²) in [6.07, 6.45) is 6.07. The molecule has 2 N–H and O–H groups in total. The number of piperidine rings is 1. The Kier molecular flexibility index (Phi) is 6.35. The summed E-state index contributed by atoms with van der Waals surface area (Å²) in [7, 11) is 0. The number of hydrogen-bond donors (Lipinski definition) is 2. The van der Waals surface area contributed by atoms with Crippen LogP contribution in [-0.4, -0.2) is 47.8 Å². The van der Waals surface area contributed by atoms with E-state index in [-0.39, 0.29) is 0 Å². The maximum atomic E-state index is 9.29. The molecule has 0 bridgehead atoms. The fourth-order valence-electron chi connectivity index (χ4n) is 3.32. The number of rotatable bonds is 7. The summed E-state index contributed by atoms with van der Waals surface area (Å²) < 4.78 is 0. The number of benzene rings is 1. The van der Waals surface area contributed by atoms with Crippen LogP contribution < -0.4 is 5.32 Å². The molecule has 1 unspecified atom stereocenters. The molecule has 1 aliphatic rings. The zero-order valence-electron chi connectivity index (χ0n) is 14.2. The van der Waals surface area contributed by atoms with E-state index in [1.807, 2.05) is 12.3 Å². The van der Waals surface area contributed by atoms with Gasteiger partial charge in [-0.05, 0) is 48.1 Å². The number of hydrogen-bond acceptors (Lipinski definition) is 4. The number of aliphatic hydroxyl groups excluding tert-OH is 1. The van der Waals surface area contributed by atoms with Gasteiger partial charge in [-0.15, -0.1) is 0 Å². The summed E-state index contributed by atoms with van der Waals surface area (Å²) >= 11 is 0. The molecule has 0 spiro atoms. The third kappa shape index (κ3) is 4.87. The van der Waals surface area contributed by atoms with Crippen LogP contribution in [0, 0.1) is 5.92 Å². The van der Waals surface area contributed by atoms with Crippen LogP contribution in [0.1, 0.15) is 18.4 Å². The SMILES string of the molecule is OCC1CCCN(CCNCc2ccc(-c3cccnc3)cc2)C1. The second kappa shape index (κ2) is 8.92. The van der Waals surface area contributed by atoms with Crippen molar-refractivity contribution in [1.82, 2.24) is 15.2 Å². The maximum absolute atomic E-state index is 9.29. The molecule has 1 fully saturated rings. The lowest BCUT2D eigenvalue weighted by Crippen LogP contribution is -2.40. The summed E-state index contributed by atoms with van der Waals surface area (Å²) in [4.78, 5) is 6.63.